The second kappa shape index (κ2) is 4.88. The molecule has 0 amide bonds. The van der Waals surface area contributed by atoms with Crippen molar-refractivity contribution in [1.29, 1.82) is 0 Å². The molecular weight excluding hydrogens is 418 g/mol. The molecule has 0 saturated carbocycles. The first-order valence-corrected chi connectivity index (χ1v) is 5.81. The zero-order valence-electron chi connectivity index (χ0n) is 6.85. The number of halogens is 4. The van der Waals surface area contributed by atoms with Gasteiger partial charge in [-0.05, 0) is 62.9 Å². The summed E-state index contributed by atoms with van der Waals surface area (Å²) in [6.45, 7) is 0. The number of benzene rings is 1. The Balaban J connectivity index is 3.12. The van der Waals surface area contributed by atoms with Gasteiger partial charge < -0.3 is 10.8 Å². The van der Waals surface area contributed by atoms with Gasteiger partial charge in [-0.3, -0.25) is 0 Å². The van der Waals surface area contributed by atoms with Crippen LogP contribution in [0, 0.1) is 7.14 Å². The first kappa shape index (κ1) is 12.4. The number of aromatic hydroxyl groups is 1. The van der Waals surface area contributed by atoms with Crippen LogP contribution in [0.5, 0.6) is 5.75 Å². The van der Waals surface area contributed by atoms with Gasteiger partial charge in [0.05, 0.1) is 13.2 Å². The van der Waals surface area contributed by atoms with Crippen molar-refractivity contribution in [3.63, 3.8) is 0 Å². The molecule has 1 aromatic carbocycles. The Morgan fingerprint density at radius 3 is 2.00 bits per heavy atom. The lowest BCUT2D eigenvalue weighted by Gasteiger charge is -2.12. The maximum atomic E-state index is 12.3. The van der Waals surface area contributed by atoms with Crippen molar-refractivity contribution in [2.45, 2.75) is 12.5 Å². The second-order valence-electron chi connectivity index (χ2n) is 2.69. The Morgan fingerprint density at radius 1 is 1.21 bits per heavy atom. The van der Waals surface area contributed by atoms with Crippen molar-refractivity contribution >= 4 is 45.2 Å². The minimum atomic E-state index is -2.59. The number of hydrogen-bond donors (Lipinski definition) is 2. The van der Waals surface area contributed by atoms with Crippen LogP contribution in [0.4, 0.5) is 8.78 Å². The lowest BCUT2D eigenvalue weighted by atomic mass is 10.1. The van der Waals surface area contributed by atoms with E-state index in [0.29, 0.717) is 12.7 Å². The van der Waals surface area contributed by atoms with Gasteiger partial charge in [0, 0.05) is 0 Å². The minimum absolute atomic E-state index is 0.108. The molecule has 0 aliphatic rings. The van der Waals surface area contributed by atoms with E-state index in [4.69, 9.17) is 5.73 Å². The van der Waals surface area contributed by atoms with E-state index >= 15 is 0 Å². The number of phenols is 1. The zero-order valence-corrected chi connectivity index (χ0v) is 11.2. The molecule has 1 aromatic rings. The van der Waals surface area contributed by atoms with Crippen LogP contribution in [0.3, 0.4) is 0 Å². The fourth-order valence-corrected chi connectivity index (χ4v) is 2.74. The van der Waals surface area contributed by atoms with Gasteiger partial charge in [-0.15, -0.1) is 0 Å². The Morgan fingerprint density at radius 2 is 1.64 bits per heavy atom. The summed E-state index contributed by atoms with van der Waals surface area (Å²) in [5, 5.41) is 9.41. The van der Waals surface area contributed by atoms with E-state index in [1.807, 2.05) is 45.2 Å². The van der Waals surface area contributed by atoms with Gasteiger partial charge in [0.1, 0.15) is 5.75 Å². The van der Waals surface area contributed by atoms with Crippen molar-refractivity contribution in [3.05, 3.63) is 24.8 Å². The summed E-state index contributed by atoms with van der Waals surface area (Å²) in [5.41, 5.74) is 5.63. The van der Waals surface area contributed by atoms with Gasteiger partial charge in [-0.2, -0.15) is 0 Å². The first-order chi connectivity index (χ1) is 6.43. The Hall–Kier alpha value is 0.300. The van der Waals surface area contributed by atoms with Crippen LogP contribution in [-0.4, -0.2) is 11.5 Å². The molecule has 1 atom stereocenters. The van der Waals surface area contributed by atoms with Crippen LogP contribution in [0.15, 0.2) is 12.1 Å². The summed E-state index contributed by atoms with van der Waals surface area (Å²) >= 11 is 3.75. The van der Waals surface area contributed by atoms with Crippen molar-refractivity contribution < 1.29 is 13.9 Å². The highest BCUT2D eigenvalue weighted by molar-refractivity contribution is 14.1. The van der Waals surface area contributed by atoms with Gasteiger partial charge in [0.2, 0.25) is 0 Å². The summed E-state index contributed by atoms with van der Waals surface area (Å²) in [4.78, 5) is 0. The number of nitrogens with two attached hydrogens (primary N) is 1. The van der Waals surface area contributed by atoms with E-state index in [0.717, 1.165) is 0 Å². The van der Waals surface area contributed by atoms with Crippen LogP contribution >= 0.6 is 45.2 Å². The fourth-order valence-electron chi connectivity index (χ4n) is 0.923. The largest absolute Gasteiger partial charge is 0.506 e. The Labute approximate surface area is 107 Å². The van der Waals surface area contributed by atoms with Crippen molar-refractivity contribution in [1.82, 2.24) is 0 Å². The smallest absolute Gasteiger partial charge is 0.257 e. The molecule has 0 saturated heterocycles. The molecule has 2 nitrogen and oxygen atoms in total. The maximum absolute atomic E-state index is 12.3. The molecule has 0 aliphatic carbocycles. The molecule has 0 heterocycles. The molecule has 0 unspecified atom stereocenters. The van der Waals surface area contributed by atoms with E-state index in [9.17, 15) is 13.9 Å². The summed E-state index contributed by atoms with van der Waals surface area (Å²) in [5.74, 6) is 0.108. The topological polar surface area (TPSA) is 46.2 Å². The minimum Gasteiger partial charge on any atom is -0.506 e. The normalized spacial score (nSPS) is 13.3. The number of rotatable bonds is 2. The number of phenolic OH excluding ortho intramolecular Hbond substituents is 1. The summed E-state index contributed by atoms with van der Waals surface area (Å²) in [6, 6.07) is 1.64. The predicted molar refractivity (Wildman–Crippen MR) is 66.5 cm³/mol. The molecular formula is C8H7F2I2NO. The summed E-state index contributed by atoms with van der Waals surface area (Å²) in [7, 11) is 0. The molecule has 14 heavy (non-hydrogen) atoms. The van der Waals surface area contributed by atoms with Gasteiger partial charge >= 0.3 is 0 Å². The van der Waals surface area contributed by atoms with Gasteiger partial charge in [0.25, 0.3) is 6.43 Å². The molecule has 0 fully saturated rings. The molecule has 0 radical (unpaired) electrons. The van der Waals surface area contributed by atoms with Crippen molar-refractivity contribution in [2.75, 3.05) is 0 Å². The van der Waals surface area contributed by atoms with E-state index in [1.165, 1.54) is 12.1 Å². The monoisotopic (exact) mass is 425 g/mol. The van der Waals surface area contributed by atoms with Crippen LogP contribution < -0.4 is 5.73 Å². The molecule has 1 rings (SSSR count). The second-order valence-corrected chi connectivity index (χ2v) is 5.02. The molecule has 3 N–H and O–H groups in total. The average molecular weight is 425 g/mol. The molecule has 0 aromatic heterocycles. The lowest BCUT2D eigenvalue weighted by molar-refractivity contribution is 0.116. The van der Waals surface area contributed by atoms with E-state index in [2.05, 4.69) is 0 Å². The summed E-state index contributed by atoms with van der Waals surface area (Å²) in [6.07, 6.45) is -2.59. The highest BCUT2D eigenvalue weighted by Gasteiger charge is 2.19. The number of hydrogen-bond acceptors (Lipinski definition) is 2. The molecule has 0 spiro atoms. The molecule has 78 valence electrons. The highest BCUT2D eigenvalue weighted by Crippen LogP contribution is 2.30. The molecule has 0 bridgehead atoms. The standard InChI is InChI=1S/C8H7F2I2NO/c9-8(10)6(13)3-1-4(11)7(14)5(12)2-3/h1-2,6,8,14H,13H2/t6-/m1/s1. The highest BCUT2D eigenvalue weighted by atomic mass is 127. The van der Waals surface area contributed by atoms with Crippen LogP contribution in [-0.2, 0) is 0 Å². The van der Waals surface area contributed by atoms with Crippen LogP contribution in [0.1, 0.15) is 11.6 Å². The Kier molecular flexibility index (Phi) is 4.31. The van der Waals surface area contributed by atoms with Crippen molar-refractivity contribution in [3.8, 4) is 5.75 Å². The van der Waals surface area contributed by atoms with Gasteiger partial charge in [0.15, 0.2) is 0 Å². The van der Waals surface area contributed by atoms with E-state index in [-0.39, 0.29) is 5.75 Å². The van der Waals surface area contributed by atoms with Crippen LogP contribution in [0.25, 0.3) is 0 Å². The third kappa shape index (κ3) is 2.66. The van der Waals surface area contributed by atoms with E-state index in [1.54, 1.807) is 0 Å². The molecule has 0 aliphatic heterocycles. The van der Waals surface area contributed by atoms with Crippen molar-refractivity contribution in [2.24, 2.45) is 5.73 Å². The third-order valence-corrected chi connectivity index (χ3v) is 3.34. The van der Waals surface area contributed by atoms with Gasteiger partial charge in [-0.25, -0.2) is 8.78 Å². The van der Waals surface area contributed by atoms with Crippen LogP contribution in [0.2, 0.25) is 0 Å². The predicted octanol–water partition coefficient (Wildman–Crippen LogP) is 2.87. The first-order valence-electron chi connectivity index (χ1n) is 3.65. The lowest BCUT2D eigenvalue weighted by Crippen LogP contribution is -2.19. The third-order valence-electron chi connectivity index (χ3n) is 1.70. The average Bonchev–Trinajstić information content (AvgIpc) is 2.12. The molecule has 6 heteroatoms. The fraction of sp³-hybridized carbons (Fsp3) is 0.250. The number of alkyl halides is 2. The quantitative estimate of drug-likeness (QED) is 0.717. The zero-order chi connectivity index (χ0) is 10.9. The van der Waals surface area contributed by atoms with Gasteiger partial charge in [-0.1, -0.05) is 0 Å². The Bertz CT molecular complexity index is 323. The SMILES string of the molecule is N[C@H](c1cc(I)c(O)c(I)c1)C(F)F. The summed E-state index contributed by atoms with van der Waals surface area (Å²) < 4.78 is 25.6. The van der Waals surface area contributed by atoms with E-state index < -0.39 is 12.5 Å². The maximum Gasteiger partial charge on any atom is 0.257 e.